The minimum Gasteiger partial charge on any atom is -0.492 e. The van der Waals surface area contributed by atoms with E-state index < -0.39 is 5.97 Å². The number of halogens is 1. The molecule has 0 aliphatic rings. The first-order valence-electron chi connectivity index (χ1n) is 5.20. The third-order valence-electron chi connectivity index (χ3n) is 2.40. The highest BCUT2D eigenvalue weighted by molar-refractivity contribution is 9.10. The Morgan fingerprint density at radius 1 is 1.56 bits per heavy atom. The van der Waals surface area contributed by atoms with Crippen molar-refractivity contribution in [2.24, 2.45) is 5.92 Å². The molecule has 0 aromatic heterocycles. The summed E-state index contributed by atoms with van der Waals surface area (Å²) in [6, 6.07) is 4.77. The van der Waals surface area contributed by atoms with E-state index in [1.54, 1.807) is 12.1 Å². The molecule has 0 amide bonds. The van der Waals surface area contributed by atoms with Crippen LogP contribution in [0.4, 0.5) is 0 Å². The van der Waals surface area contributed by atoms with E-state index in [2.05, 4.69) is 29.8 Å². The number of rotatable bonds is 5. The maximum Gasteiger partial charge on any atom is 0.335 e. The fourth-order valence-electron chi connectivity index (χ4n) is 1.10. The summed E-state index contributed by atoms with van der Waals surface area (Å²) in [5, 5.41) is 8.85. The van der Waals surface area contributed by atoms with Gasteiger partial charge in [-0.15, -0.1) is 0 Å². The topological polar surface area (TPSA) is 46.5 Å². The first-order valence-corrected chi connectivity index (χ1v) is 5.99. The zero-order chi connectivity index (χ0) is 12.1. The lowest BCUT2D eigenvalue weighted by atomic mass is 10.1. The molecule has 1 rings (SSSR count). The quantitative estimate of drug-likeness (QED) is 0.900. The molecular weight excluding hydrogens is 272 g/mol. The molecule has 0 bridgehead atoms. The van der Waals surface area contributed by atoms with Gasteiger partial charge in [0.2, 0.25) is 0 Å². The molecule has 0 saturated carbocycles. The highest BCUT2D eigenvalue weighted by Crippen LogP contribution is 2.26. The van der Waals surface area contributed by atoms with E-state index in [1.165, 1.54) is 6.07 Å². The van der Waals surface area contributed by atoms with E-state index in [1.807, 2.05) is 0 Å². The van der Waals surface area contributed by atoms with E-state index >= 15 is 0 Å². The van der Waals surface area contributed by atoms with Gasteiger partial charge in [-0.25, -0.2) is 4.79 Å². The van der Waals surface area contributed by atoms with Crippen LogP contribution in [-0.4, -0.2) is 17.7 Å². The molecule has 0 spiro atoms. The molecule has 88 valence electrons. The van der Waals surface area contributed by atoms with Gasteiger partial charge in [0, 0.05) is 0 Å². The van der Waals surface area contributed by atoms with Crippen LogP contribution in [0.1, 0.15) is 30.6 Å². The lowest BCUT2D eigenvalue weighted by Crippen LogP contribution is -2.08. The number of hydrogen-bond donors (Lipinski definition) is 1. The summed E-state index contributed by atoms with van der Waals surface area (Å²) in [5.41, 5.74) is 0.238. The van der Waals surface area contributed by atoms with Gasteiger partial charge in [-0.2, -0.15) is 0 Å². The number of ether oxygens (including phenoxy) is 1. The van der Waals surface area contributed by atoms with Gasteiger partial charge in [-0.3, -0.25) is 0 Å². The number of benzene rings is 1. The van der Waals surface area contributed by atoms with Crippen molar-refractivity contribution >= 4 is 21.9 Å². The Hall–Kier alpha value is -1.03. The van der Waals surface area contributed by atoms with E-state index in [0.717, 1.165) is 10.9 Å². The Kier molecular flexibility index (Phi) is 4.80. The van der Waals surface area contributed by atoms with E-state index in [-0.39, 0.29) is 5.56 Å². The highest BCUT2D eigenvalue weighted by atomic mass is 79.9. The van der Waals surface area contributed by atoms with Gasteiger partial charge >= 0.3 is 5.97 Å². The minimum absolute atomic E-state index is 0.238. The van der Waals surface area contributed by atoms with Gasteiger partial charge in [-0.05, 0) is 40.0 Å². The largest absolute Gasteiger partial charge is 0.492 e. The number of carboxylic acids is 1. The van der Waals surface area contributed by atoms with Crippen molar-refractivity contribution < 1.29 is 14.6 Å². The molecule has 16 heavy (non-hydrogen) atoms. The number of carboxylic acid groups (broad SMARTS) is 1. The molecule has 0 fully saturated rings. The average molecular weight is 287 g/mol. The number of carbonyl (C=O) groups is 1. The normalized spacial score (nSPS) is 12.2. The standard InChI is InChI=1S/C12H15BrO3/c1-3-8(2)7-16-11-6-9(12(14)15)4-5-10(11)13/h4-6,8H,3,7H2,1-2H3,(H,14,15). The third-order valence-corrected chi connectivity index (χ3v) is 3.05. The summed E-state index contributed by atoms with van der Waals surface area (Å²) in [6.07, 6.45) is 1.04. The Morgan fingerprint density at radius 2 is 2.25 bits per heavy atom. The van der Waals surface area contributed by atoms with E-state index in [0.29, 0.717) is 18.3 Å². The molecule has 1 aromatic rings. The van der Waals surface area contributed by atoms with Gasteiger partial charge in [-0.1, -0.05) is 20.3 Å². The second kappa shape index (κ2) is 5.89. The molecule has 0 heterocycles. The monoisotopic (exact) mass is 286 g/mol. The molecular formula is C12H15BrO3. The smallest absolute Gasteiger partial charge is 0.335 e. The Labute approximate surface area is 104 Å². The maximum atomic E-state index is 10.8. The van der Waals surface area contributed by atoms with Gasteiger partial charge in [0.05, 0.1) is 16.6 Å². The first-order chi connectivity index (χ1) is 7.54. The average Bonchev–Trinajstić information content (AvgIpc) is 2.27. The van der Waals surface area contributed by atoms with Crippen LogP contribution in [0.15, 0.2) is 22.7 Å². The lowest BCUT2D eigenvalue weighted by Gasteiger charge is -2.12. The molecule has 0 aliphatic heterocycles. The van der Waals surface area contributed by atoms with Crippen molar-refractivity contribution in [2.45, 2.75) is 20.3 Å². The molecule has 0 saturated heterocycles. The Balaban J connectivity index is 2.78. The summed E-state index contributed by atoms with van der Waals surface area (Å²) in [4.78, 5) is 10.8. The summed E-state index contributed by atoms with van der Waals surface area (Å²) in [5.74, 6) is 0.0986. The molecule has 0 radical (unpaired) electrons. The predicted octanol–water partition coefficient (Wildman–Crippen LogP) is 3.57. The maximum absolute atomic E-state index is 10.8. The van der Waals surface area contributed by atoms with Crippen molar-refractivity contribution in [3.05, 3.63) is 28.2 Å². The second-order valence-electron chi connectivity index (χ2n) is 3.77. The van der Waals surface area contributed by atoms with Crippen molar-refractivity contribution in [2.75, 3.05) is 6.61 Å². The van der Waals surface area contributed by atoms with Gasteiger partial charge < -0.3 is 9.84 Å². The van der Waals surface area contributed by atoms with Crippen LogP contribution in [-0.2, 0) is 0 Å². The van der Waals surface area contributed by atoms with Crippen LogP contribution in [0.25, 0.3) is 0 Å². The molecule has 1 unspecified atom stereocenters. The number of hydrogen-bond acceptors (Lipinski definition) is 2. The van der Waals surface area contributed by atoms with Crippen LogP contribution < -0.4 is 4.74 Å². The van der Waals surface area contributed by atoms with Crippen LogP contribution >= 0.6 is 15.9 Å². The van der Waals surface area contributed by atoms with Crippen molar-refractivity contribution in [3.8, 4) is 5.75 Å². The number of aromatic carboxylic acids is 1. The third kappa shape index (κ3) is 3.52. The lowest BCUT2D eigenvalue weighted by molar-refractivity contribution is 0.0696. The molecule has 1 N–H and O–H groups in total. The Morgan fingerprint density at radius 3 is 2.81 bits per heavy atom. The van der Waals surface area contributed by atoms with Crippen LogP contribution in [0.3, 0.4) is 0 Å². The van der Waals surface area contributed by atoms with E-state index in [9.17, 15) is 4.79 Å². The highest BCUT2D eigenvalue weighted by Gasteiger charge is 2.09. The fourth-order valence-corrected chi connectivity index (χ4v) is 1.46. The summed E-state index contributed by atoms with van der Waals surface area (Å²) >= 11 is 3.33. The van der Waals surface area contributed by atoms with Crippen molar-refractivity contribution in [1.82, 2.24) is 0 Å². The van der Waals surface area contributed by atoms with Gasteiger partial charge in [0.1, 0.15) is 5.75 Å². The zero-order valence-electron chi connectivity index (χ0n) is 9.37. The summed E-state index contributed by atoms with van der Waals surface area (Å²) < 4.78 is 6.35. The van der Waals surface area contributed by atoms with Crippen molar-refractivity contribution in [1.29, 1.82) is 0 Å². The van der Waals surface area contributed by atoms with Gasteiger partial charge in [0.15, 0.2) is 0 Å². The molecule has 0 aliphatic carbocycles. The Bertz CT molecular complexity index is 377. The molecule has 4 heteroatoms. The fraction of sp³-hybridized carbons (Fsp3) is 0.417. The molecule has 1 atom stereocenters. The summed E-state index contributed by atoms with van der Waals surface area (Å²) in [6.45, 7) is 4.78. The molecule has 1 aromatic carbocycles. The SMILES string of the molecule is CCC(C)COc1cc(C(=O)O)ccc1Br. The van der Waals surface area contributed by atoms with Crippen molar-refractivity contribution in [3.63, 3.8) is 0 Å². The van der Waals surface area contributed by atoms with Crippen LogP contribution in [0.5, 0.6) is 5.75 Å². The molecule has 3 nitrogen and oxygen atoms in total. The minimum atomic E-state index is -0.944. The van der Waals surface area contributed by atoms with Gasteiger partial charge in [0.25, 0.3) is 0 Å². The first kappa shape index (κ1) is 13.0. The summed E-state index contributed by atoms with van der Waals surface area (Å²) in [7, 11) is 0. The zero-order valence-corrected chi connectivity index (χ0v) is 11.0. The van der Waals surface area contributed by atoms with Crippen LogP contribution in [0.2, 0.25) is 0 Å². The predicted molar refractivity (Wildman–Crippen MR) is 66.1 cm³/mol. The van der Waals surface area contributed by atoms with E-state index in [4.69, 9.17) is 9.84 Å². The second-order valence-corrected chi connectivity index (χ2v) is 4.63. The van der Waals surface area contributed by atoms with Crippen LogP contribution in [0, 0.1) is 5.92 Å².